The van der Waals surface area contributed by atoms with Crippen molar-refractivity contribution in [3.8, 4) is 0 Å². The number of rotatable bonds is 5. The van der Waals surface area contributed by atoms with Crippen molar-refractivity contribution in [3.63, 3.8) is 0 Å². The van der Waals surface area contributed by atoms with Crippen LogP contribution in [0.1, 0.15) is 36.9 Å². The quantitative estimate of drug-likeness (QED) is 0.561. The van der Waals surface area contributed by atoms with Crippen LogP contribution in [-0.2, 0) is 10.3 Å². The van der Waals surface area contributed by atoms with E-state index in [1.54, 1.807) is 23.1 Å². The summed E-state index contributed by atoms with van der Waals surface area (Å²) >= 11 is 3.42. The van der Waals surface area contributed by atoms with Crippen LogP contribution in [0.3, 0.4) is 0 Å². The van der Waals surface area contributed by atoms with Crippen molar-refractivity contribution in [2.75, 3.05) is 6.54 Å². The first-order valence-electron chi connectivity index (χ1n) is 8.57. The molecule has 1 amide bonds. The average molecular weight is 418 g/mol. The van der Waals surface area contributed by atoms with Crippen LogP contribution in [0.2, 0.25) is 0 Å². The smallest absolute Gasteiger partial charge is 0.411 e. The van der Waals surface area contributed by atoms with Crippen molar-refractivity contribution in [2.45, 2.75) is 31.4 Å². The highest BCUT2D eigenvalue weighted by Crippen LogP contribution is 2.39. The highest BCUT2D eigenvalue weighted by molar-refractivity contribution is 9.10. The summed E-state index contributed by atoms with van der Waals surface area (Å²) in [5.74, 6) is -0.310. The molecule has 26 heavy (non-hydrogen) atoms. The molecule has 1 fully saturated rings. The fourth-order valence-corrected chi connectivity index (χ4v) is 3.66. The van der Waals surface area contributed by atoms with Crippen LogP contribution in [0.15, 0.2) is 65.7 Å². The van der Waals surface area contributed by atoms with Gasteiger partial charge in [0.25, 0.3) is 0 Å². The lowest BCUT2D eigenvalue weighted by atomic mass is 9.85. The zero-order valence-corrected chi connectivity index (χ0v) is 16.2. The maximum absolute atomic E-state index is 13.3. The molecule has 3 rings (SSSR count). The number of ether oxygens (including phenoxy) is 1. The normalized spacial score (nSPS) is 21.2. The van der Waals surface area contributed by atoms with Gasteiger partial charge in [-0.05, 0) is 42.3 Å². The summed E-state index contributed by atoms with van der Waals surface area (Å²) in [6.07, 6.45) is 2.49. The van der Waals surface area contributed by atoms with Gasteiger partial charge >= 0.3 is 6.09 Å². The third-order valence-electron chi connectivity index (χ3n) is 4.94. The Bertz CT molecular complexity index is 791. The molecule has 3 nitrogen and oxygen atoms in total. The lowest BCUT2D eigenvalue weighted by Gasteiger charge is -2.43. The van der Waals surface area contributed by atoms with E-state index in [0.717, 1.165) is 15.6 Å². The van der Waals surface area contributed by atoms with Gasteiger partial charge in [0.05, 0.1) is 6.04 Å². The Labute approximate surface area is 161 Å². The summed E-state index contributed by atoms with van der Waals surface area (Å²) in [6.45, 7) is 6.34. The van der Waals surface area contributed by atoms with E-state index in [-0.39, 0.29) is 18.0 Å². The molecule has 1 aliphatic rings. The van der Waals surface area contributed by atoms with Gasteiger partial charge in [0, 0.05) is 23.9 Å². The van der Waals surface area contributed by atoms with E-state index >= 15 is 0 Å². The molecule has 1 aliphatic heterocycles. The number of nitrogens with zero attached hydrogens (tertiary/aromatic N) is 1. The number of carbonyl (C=O) groups is 1. The number of hydrogen-bond donors (Lipinski definition) is 0. The molecule has 0 saturated carbocycles. The van der Waals surface area contributed by atoms with Crippen LogP contribution in [0.5, 0.6) is 0 Å². The summed E-state index contributed by atoms with van der Waals surface area (Å²) in [5.41, 5.74) is 1.05. The van der Waals surface area contributed by atoms with Gasteiger partial charge in [-0.25, -0.2) is 9.18 Å². The van der Waals surface area contributed by atoms with Gasteiger partial charge in [0.2, 0.25) is 0 Å². The van der Waals surface area contributed by atoms with Crippen molar-refractivity contribution in [2.24, 2.45) is 0 Å². The Hall–Kier alpha value is -2.14. The highest BCUT2D eigenvalue weighted by Gasteiger charge is 2.42. The number of amides is 1. The molecule has 2 aromatic rings. The fraction of sp³-hybridized carbons (Fsp3) is 0.286. The Balaban J connectivity index is 1.83. The third-order valence-corrected chi connectivity index (χ3v) is 5.47. The standard InChI is InChI=1S/C21H21BrFNO2/c1-3-12-21(17-6-10-19(23)11-7-17)13-14-24(20(25)26-21)15(2)16-4-8-18(22)9-5-16/h3-11,15H,1,12-14H2,2H3/t15-,21?/m0/s1. The van der Waals surface area contributed by atoms with E-state index in [1.807, 2.05) is 31.2 Å². The van der Waals surface area contributed by atoms with Crippen molar-refractivity contribution >= 4 is 22.0 Å². The maximum atomic E-state index is 13.3. The zero-order chi connectivity index (χ0) is 18.7. The number of benzene rings is 2. The Kier molecular flexibility index (Phi) is 5.47. The van der Waals surface area contributed by atoms with Crippen LogP contribution in [0, 0.1) is 5.82 Å². The zero-order valence-electron chi connectivity index (χ0n) is 14.6. The van der Waals surface area contributed by atoms with Gasteiger partial charge in [0.1, 0.15) is 11.4 Å². The topological polar surface area (TPSA) is 29.5 Å². The average Bonchev–Trinajstić information content (AvgIpc) is 2.63. The molecule has 2 atom stereocenters. The van der Waals surface area contributed by atoms with E-state index in [4.69, 9.17) is 4.74 Å². The second-order valence-electron chi connectivity index (χ2n) is 6.53. The van der Waals surface area contributed by atoms with E-state index < -0.39 is 5.60 Å². The molecule has 0 radical (unpaired) electrons. The lowest BCUT2D eigenvalue weighted by molar-refractivity contribution is -0.0588. The van der Waals surface area contributed by atoms with E-state index in [9.17, 15) is 9.18 Å². The number of hydrogen-bond acceptors (Lipinski definition) is 2. The SMILES string of the molecule is C=CCC1(c2ccc(F)cc2)CCN([C@@H](C)c2ccc(Br)cc2)C(=O)O1. The van der Waals surface area contributed by atoms with Crippen molar-refractivity contribution in [3.05, 3.63) is 82.6 Å². The minimum absolute atomic E-state index is 0.0921. The molecule has 0 aromatic heterocycles. The van der Waals surface area contributed by atoms with Crippen LogP contribution in [-0.4, -0.2) is 17.5 Å². The molecule has 1 saturated heterocycles. The third kappa shape index (κ3) is 3.68. The van der Waals surface area contributed by atoms with Crippen LogP contribution < -0.4 is 0 Å². The van der Waals surface area contributed by atoms with Crippen LogP contribution in [0.4, 0.5) is 9.18 Å². The predicted molar refractivity (Wildman–Crippen MR) is 103 cm³/mol. The first-order valence-corrected chi connectivity index (χ1v) is 9.36. The first kappa shape index (κ1) is 18.6. The summed E-state index contributed by atoms with van der Waals surface area (Å²) in [5, 5.41) is 0. The second kappa shape index (κ2) is 7.62. The van der Waals surface area contributed by atoms with E-state index in [2.05, 4.69) is 22.5 Å². The fourth-order valence-electron chi connectivity index (χ4n) is 3.39. The van der Waals surface area contributed by atoms with Gasteiger partial charge < -0.3 is 9.64 Å². The first-order chi connectivity index (χ1) is 12.4. The van der Waals surface area contributed by atoms with Crippen LogP contribution in [0.25, 0.3) is 0 Å². The van der Waals surface area contributed by atoms with E-state index in [0.29, 0.717) is 19.4 Å². The number of halogens is 2. The number of carbonyl (C=O) groups excluding carboxylic acids is 1. The molecule has 136 valence electrons. The molecule has 0 bridgehead atoms. The van der Waals surface area contributed by atoms with Crippen molar-refractivity contribution < 1.29 is 13.9 Å². The Morgan fingerprint density at radius 2 is 1.92 bits per heavy atom. The molecule has 5 heteroatoms. The molecule has 1 unspecified atom stereocenters. The second-order valence-corrected chi connectivity index (χ2v) is 7.45. The summed E-state index contributed by atoms with van der Waals surface area (Å²) in [7, 11) is 0. The molecule has 0 N–H and O–H groups in total. The Morgan fingerprint density at radius 3 is 2.50 bits per heavy atom. The van der Waals surface area contributed by atoms with E-state index in [1.165, 1.54) is 12.1 Å². The van der Waals surface area contributed by atoms with Gasteiger partial charge in [-0.1, -0.05) is 46.3 Å². The molecule has 0 aliphatic carbocycles. The molecular formula is C21H21BrFNO2. The van der Waals surface area contributed by atoms with Gasteiger partial charge in [-0.15, -0.1) is 6.58 Å². The molecular weight excluding hydrogens is 397 g/mol. The molecule has 2 aromatic carbocycles. The van der Waals surface area contributed by atoms with Gasteiger partial charge in [-0.3, -0.25) is 0 Å². The van der Waals surface area contributed by atoms with Gasteiger partial charge in [-0.2, -0.15) is 0 Å². The largest absolute Gasteiger partial charge is 0.437 e. The summed E-state index contributed by atoms with van der Waals surface area (Å²) in [4.78, 5) is 14.5. The maximum Gasteiger partial charge on any atom is 0.411 e. The Morgan fingerprint density at radius 1 is 1.27 bits per heavy atom. The minimum Gasteiger partial charge on any atom is -0.437 e. The molecule has 0 spiro atoms. The highest BCUT2D eigenvalue weighted by atomic mass is 79.9. The van der Waals surface area contributed by atoms with Crippen molar-refractivity contribution in [1.82, 2.24) is 4.90 Å². The minimum atomic E-state index is -0.789. The lowest BCUT2D eigenvalue weighted by Crippen LogP contribution is -2.48. The monoisotopic (exact) mass is 417 g/mol. The number of cyclic esters (lactones) is 1. The summed E-state index contributed by atoms with van der Waals surface area (Å²) in [6, 6.07) is 14.0. The van der Waals surface area contributed by atoms with Crippen molar-refractivity contribution in [1.29, 1.82) is 0 Å². The molecule has 1 heterocycles. The van der Waals surface area contributed by atoms with Crippen LogP contribution >= 0.6 is 15.9 Å². The summed E-state index contributed by atoms with van der Waals surface area (Å²) < 4.78 is 20.2. The predicted octanol–water partition coefficient (Wildman–Crippen LogP) is 5.96. The van der Waals surface area contributed by atoms with Gasteiger partial charge in [0.15, 0.2) is 0 Å².